The molecule has 0 aromatic heterocycles. The molecule has 0 saturated heterocycles. The van der Waals surface area contributed by atoms with E-state index in [2.05, 4.69) is 0 Å². The second kappa shape index (κ2) is 5.36. The van der Waals surface area contributed by atoms with Gasteiger partial charge in [-0.2, -0.15) is 0 Å². The van der Waals surface area contributed by atoms with Crippen LogP contribution in [-0.2, 0) is 12.8 Å². The van der Waals surface area contributed by atoms with Crippen LogP contribution in [0.1, 0.15) is 21.5 Å². The van der Waals surface area contributed by atoms with Crippen LogP contribution in [0.5, 0.6) is 0 Å². The smallest absolute Gasteiger partial charge is 0.336 e. The van der Waals surface area contributed by atoms with Crippen molar-refractivity contribution in [2.45, 2.75) is 12.8 Å². The molecule has 2 aromatic carbocycles. The van der Waals surface area contributed by atoms with Crippen LogP contribution >= 0.6 is 0 Å². The topological polar surface area (TPSA) is 63.3 Å². The summed E-state index contributed by atoms with van der Waals surface area (Å²) in [6.45, 7) is 0. The Bertz CT molecular complexity index is 550. The zero-order valence-electron chi connectivity index (χ0n) is 9.97. The van der Waals surface area contributed by atoms with Crippen molar-refractivity contribution in [1.82, 2.24) is 0 Å². The fourth-order valence-electron chi connectivity index (χ4n) is 1.93. The van der Waals surface area contributed by atoms with E-state index in [-0.39, 0.29) is 0 Å². The molecule has 0 heterocycles. The van der Waals surface area contributed by atoms with Gasteiger partial charge >= 0.3 is 5.97 Å². The lowest BCUT2D eigenvalue weighted by Gasteiger charge is -2.07. The minimum atomic E-state index is -0.926. The lowest BCUT2D eigenvalue weighted by molar-refractivity contribution is 0.0695. The Hall–Kier alpha value is -2.29. The molecule has 0 aliphatic rings. The van der Waals surface area contributed by atoms with E-state index in [9.17, 15) is 4.79 Å². The summed E-state index contributed by atoms with van der Waals surface area (Å²) in [5.74, 6) is -0.926. The van der Waals surface area contributed by atoms with Crippen LogP contribution in [-0.4, -0.2) is 11.1 Å². The van der Waals surface area contributed by atoms with E-state index >= 15 is 0 Å². The second-order valence-corrected chi connectivity index (χ2v) is 4.21. The first-order chi connectivity index (χ1) is 8.66. The van der Waals surface area contributed by atoms with Gasteiger partial charge in [0.25, 0.3) is 0 Å². The fourth-order valence-corrected chi connectivity index (χ4v) is 1.93. The molecular formula is C15H15NO2. The van der Waals surface area contributed by atoms with E-state index in [0.29, 0.717) is 17.7 Å². The molecule has 0 radical (unpaired) electrons. The summed E-state index contributed by atoms with van der Waals surface area (Å²) >= 11 is 0. The first-order valence-electron chi connectivity index (χ1n) is 5.82. The maximum Gasteiger partial charge on any atom is 0.336 e. The summed E-state index contributed by atoms with van der Waals surface area (Å²) < 4.78 is 0. The summed E-state index contributed by atoms with van der Waals surface area (Å²) in [6.07, 6.45) is 1.52. The van der Waals surface area contributed by atoms with Crippen molar-refractivity contribution in [3.63, 3.8) is 0 Å². The van der Waals surface area contributed by atoms with Gasteiger partial charge in [0.15, 0.2) is 0 Å². The van der Waals surface area contributed by atoms with E-state index in [1.807, 2.05) is 30.3 Å². The number of aromatic carboxylic acids is 1. The molecule has 0 spiro atoms. The summed E-state index contributed by atoms with van der Waals surface area (Å²) in [6, 6.07) is 15.1. The highest BCUT2D eigenvalue weighted by Gasteiger charge is 2.10. The van der Waals surface area contributed by atoms with Crippen molar-refractivity contribution in [1.29, 1.82) is 0 Å². The minimum absolute atomic E-state index is 0.297. The van der Waals surface area contributed by atoms with E-state index < -0.39 is 5.97 Å². The number of carboxylic acid groups (broad SMARTS) is 1. The van der Waals surface area contributed by atoms with Crippen molar-refractivity contribution >= 4 is 11.7 Å². The highest BCUT2D eigenvalue weighted by Crippen LogP contribution is 2.16. The third-order valence-corrected chi connectivity index (χ3v) is 2.89. The quantitative estimate of drug-likeness (QED) is 0.809. The third-order valence-electron chi connectivity index (χ3n) is 2.89. The summed E-state index contributed by atoms with van der Waals surface area (Å²) in [5, 5.41) is 9.13. The number of anilines is 1. The lowest BCUT2D eigenvalue weighted by Crippen LogP contribution is -2.05. The van der Waals surface area contributed by atoms with E-state index in [4.69, 9.17) is 10.8 Å². The molecule has 0 bridgehead atoms. The van der Waals surface area contributed by atoms with Crippen LogP contribution in [0.15, 0.2) is 48.5 Å². The van der Waals surface area contributed by atoms with Gasteiger partial charge < -0.3 is 10.8 Å². The fraction of sp³-hybridized carbons (Fsp3) is 0.133. The molecule has 3 nitrogen and oxygen atoms in total. The monoisotopic (exact) mass is 241 g/mol. The van der Waals surface area contributed by atoms with Crippen LogP contribution in [0.2, 0.25) is 0 Å². The maximum atomic E-state index is 11.1. The maximum absolute atomic E-state index is 11.1. The molecule has 92 valence electrons. The molecule has 3 heteroatoms. The van der Waals surface area contributed by atoms with Crippen molar-refractivity contribution < 1.29 is 9.90 Å². The SMILES string of the molecule is Nc1ccc(CCc2ccccc2)c(C(=O)O)c1. The molecule has 0 atom stereocenters. The van der Waals surface area contributed by atoms with Crippen LogP contribution in [0.3, 0.4) is 0 Å². The average Bonchev–Trinajstić information content (AvgIpc) is 2.38. The molecule has 0 aliphatic heterocycles. The molecule has 0 saturated carbocycles. The molecule has 0 fully saturated rings. The number of carbonyl (C=O) groups is 1. The number of carboxylic acids is 1. The minimum Gasteiger partial charge on any atom is -0.478 e. The number of aryl methyl sites for hydroxylation is 2. The van der Waals surface area contributed by atoms with Crippen molar-refractivity contribution in [2.24, 2.45) is 0 Å². The van der Waals surface area contributed by atoms with Gasteiger partial charge in [0.1, 0.15) is 0 Å². The van der Waals surface area contributed by atoms with Gasteiger partial charge in [0, 0.05) is 5.69 Å². The van der Waals surface area contributed by atoms with Crippen molar-refractivity contribution in [3.8, 4) is 0 Å². The van der Waals surface area contributed by atoms with Gasteiger partial charge in [-0.1, -0.05) is 36.4 Å². The van der Waals surface area contributed by atoms with Crippen LogP contribution < -0.4 is 5.73 Å². The molecule has 0 aliphatic carbocycles. The third kappa shape index (κ3) is 2.88. The molecule has 2 rings (SSSR count). The average molecular weight is 241 g/mol. The molecule has 18 heavy (non-hydrogen) atoms. The van der Waals surface area contributed by atoms with Gasteiger partial charge in [-0.25, -0.2) is 4.79 Å². The first kappa shape index (κ1) is 12.2. The highest BCUT2D eigenvalue weighted by molar-refractivity contribution is 5.90. The first-order valence-corrected chi connectivity index (χ1v) is 5.82. The zero-order chi connectivity index (χ0) is 13.0. The Balaban J connectivity index is 2.17. The highest BCUT2D eigenvalue weighted by atomic mass is 16.4. The number of benzene rings is 2. The Labute approximate surface area is 106 Å². The van der Waals surface area contributed by atoms with Crippen molar-refractivity contribution in [2.75, 3.05) is 5.73 Å². The molecular weight excluding hydrogens is 226 g/mol. The molecule has 2 aromatic rings. The van der Waals surface area contributed by atoms with Gasteiger partial charge in [0.05, 0.1) is 5.56 Å². The standard InChI is InChI=1S/C15H15NO2/c16-13-9-8-12(14(10-13)15(17)18)7-6-11-4-2-1-3-5-11/h1-5,8-10H,6-7,16H2,(H,17,18). The van der Waals surface area contributed by atoms with Crippen molar-refractivity contribution in [3.05, 3.63) is 65.2 Å². The van der Waals surface area contributed by atoms with Crippen LogP contribution in [0, 0.1) is 0 Å². The zero-order valence-corrected chi connectivity index (χ0v) is 9.97. The van der Waals surface area contributed by atoms with E-state index in [1.165, 1.54) is 11.6 Å². The van der Waals surface area contributed by atoms with Gasteiger partial charge in [0.2, 0.25) is 0 Å². The van der Waals surface area contributed by atoms with Crippen LogP contribution in [0.25, 0.3) is 0 Å². The Morgan fingerprint density at radius 3 is 2.44 bits per heavy atom. The number of rotatable bonds is 4. The molecule has 3 N–H and O–H groups in total. The number of hydrogen-bond acceptors (Lipinski definition) is 2. The second-order valence-electron chi connectivity index (χ2n) is 4.21. The van der Waals surface area contributed by atoms with Gasteiger partial charge in [-0.05, 0) is 36.1 Å². The molecule has 0 amide bonds. The predicted molar refractivity (Wildman–Crippen MR) is 71.7 cm³/mol. The normalized spacial score (nSPS) is 10.2. The van der Waals surface area contributed by atoms with Crippen LogP contribution in [0.4, 0.5) is 5.69 Å². The van der Waals surface area contributed by atoms with Gasteiger partial charge in [-0.15, -0.1) is 0 Å². The number of nitrogen functional groups attached to an aromatic ring is 1. The lowest BCUT2D eigenvalue weighted by atomic mass is 9.99. The molecule has 0 unspecified atom stereocenters. The Morgan fingerprint density at radius 2 is 1.78 bits per heavy atom. The van der Waals surface area contributed by atoms with Gasteiger partial charge in [-0.3, -0.25) is 0 Å². The number of hydrogen-bond donors (Lipinski definition) is 2. The predicted octanol–water partition coefficient (Wildman–Crippen LogP) is 2.75. The summed E-state index contributed by atoms with van der Waals surface area (Å²) in [5.41, 5.74) is 8.41. The Kier molecular flexibility index (Phi) is 3.63. The largest absolute Gasteiger partial charge is 0.478 e. The summed E-state index contributed by atoms with van der Waals surface area (Å²) in [7, 11) is 0. The summed E-state index contributed by atoms with van der Waals surface area (Å²) in [4.78, 5) is 11.1. The Morgan fingerprint density at radius 1 is 1.06 bits per heavy atom. The number of nitrogens with two attached hydrogens (primary N) is 1. The van der Waals surface area contributed by atoms with E-state index in [1.54, 1.807) is 12.1 Å². The van der Waals surface area contributed by atoms with E-state index in [0.717, 1.165) is 12.0 Å².